The van der Waals surface area contributed by atoms with Gasteiger partial charge < -0.3 is 19.4 Å². The second-order valence-corrected chi connectivity index (χ2v) is 5.98. The molecule has 0 aliphatic rings. The van der Waals surface area contributed by atoms with Crippen molar-refractivity contribution in [3.8, 4) is 11.6 Å². The van der Waals surface area contributed by atoms with Gasteiger partial charge in [-0.1, -0.05) is 13.3 Å². The van der Waals surface area contributed by atoms with Crippen molar-refractivity contribution in [1.82, 2.24) is 19.5 Å². The molecule has 3 aromatic rings. The predicted molar refractivity (Wildman–Crippen MR) is 102 cm³/mol. The van der Waals surface area contributed by atoms with Gasteiger partial charge in [0.1, 0.15) is 11.6 Å². The van der Waals surface area contributed by atoms with Gasteiger partial charge in [0, 0.05) is 12.2 Å². The van der Waals surface area contributed by atoms with E-state index in [-0.39, 0.29) is 0 Å². The summed E-state index contributed by atoms with van der Waals surface area (Å²) in [5.41, 5.74) is 2.36. The van der Waals surface area contributed by atoms with Gasteiger partial charge in [-0.15, -0.1) is 0 Å². The number of ether oxygens (including phenoxy) is 2. The van der Waals surface area contributed by atoms with Crippen molar-refractivity contribution < 1.29 is 9.47 Å². The number of methoxy groups -OCH3 is 1. The van der Waals surface area contributed by atoms with Crippen molar-refractivity contribution in [2.45, 2.75) is 40.2 Å². The lowest BCUT2D eigenvalue weighted by Crippen LogP contribution is -2.04. The molecule has 2 aromatic heterocycles. The molecule has 0 aliphatic carbocycles. The van der Waals surface area contributed by atoms with Crippen molar-refractivity contribution in [3.05, 3.63) is 30.1 Å². The molecule has 0 unspecified atom stereocenters. The first-order valence-electron chi connectivity index (χ1n) is 8.95. The normalized spacial score (nSPS) is 10.9. The maximum Gasteiger partial charge on any atom is 0.246 e. The highest BCUT2D eigenvalue weighted by atomic mass is 16.5. The molecule has 0 bridgehead atoms. The highest BCUT2D eigenvalue weighted by molar-refractivity contribution is 5.79. The summed E-state index contributed by atoms with van der Waals surface area (Å²) in [4.78, 5) is 13.7. The number of nitrogens with one attached hydrogen (secondary N) is 1. The Kier molecular flexibility index (Phi) is 5.55. The summed E-state index contributed by atoms with van der Waals surface area (Å²) < 4.78 is 13.0. The Bertz CT molecular complexity index is 874. The van der Waals surface area contributed by atoms with Crippen LogP contribution in [-0.4, -0.2) is 33.2 Å². The summed E-state index contributed by atoms with van der Waals surface area (Å²) in [6, 6.07) is 7.70. The van der Waals surface area contributed by atoms with E-state index in [1.54, 1.807) is 7.11 Å². The van der Waals surface area contributed by atoms with E-state index in [1.807, 2.05) is 38.1 Å². The molecular formula is C19H25N5O2. The fourth-order valence-electron chi connectivity index (χ4n) is 2.80. The third kappa shape index (κ3) is 3.71. The van der Waals surface area contributed by atoms with Crippen LogP contribution in [-0.2, 0) is 6.54 Å². The van der Waals surface area contributed by atoms with Gasteiger partial charge >= 0.3 is 0 Å². The second-order valence-electron chi connectivity index (χ2n) is 5.98. The van der Waals surface area contributed by atoms with Crippen molar-refractivity contribution in [1.29, 1.82) is 0 Å². The Balaban J connectivity index is 1.95. The van der Waals surface area contributed by atoms with Crippen LogP contribution in [0.3, 0.4) is 0 Å². The van der Waals surface area contributed by atoms with E-state index in [4.69, 9.17) is 9.47 Å². The third-order valence-electron chi connectivity index (χ3n) is 4.10. The molecule has 0 atom stereocenters. The van der Waals surface area contributed by atoms with Crippen molar-refractivity contribution in [3.63, 3.8) is 0 Å². The summed E-state index contributed by atoms with van der Waals surface area (Å²) in [5.74, 6) is 2.71. The van der Waals surface area contributed by atoms with Gasteiger partial charge in [0.05, 0.1) is 13.7 Å². The first-order valence-corrected chi connectivity index (χ1v) is 8.95. The number of aryl methyl sites for hydroxylation is 2. The van der Waals surface area contributed by atoms with Gasteiger partial charge in [0.2, 0.25) is 11.8 Å². The standard InChI is InChI=1S/C19H25N5O2/c1-5-7-12-24-13(3)20-16-17(24)22-19(23-18(16)25-4)21-14-8-10-15(11-9-14)26-6-2/h8-11H,5-7,12H2,1-4H3,(H,21,22,23). The summed E-state index contributed by atoms with van der Waals surface area (Å²) in [7, 11) is 1.60. The van der Waals surface area contributed by atoms with E-state index in [2.05, 4.69) is 31.8 Å². The van der Waals surface area contributed by atoms with Gasteiger partial charge in [-0.3, -0.25) is 0 Å². The minimum Gasteiger partial charge on any atom is -0.494 e. The molecule has 0 saturated carbocycles. The highest BCUT2D eigenvalue weighted by Crippen LogP contribution is 2.26. The van der Waals surface area contributed by atoms with Crippen LogP contribution in [0.4, 0.5) is 11.6 Å². The van der Waals surface area contributed by atoms with E-state index in [9.17, 15) is 0 Å². The molecule has 7 nitrogen and oxygen atoms in total. The molecule has 0 fully saturated rings. The number of aromatic nitrogens is 4. The van der Waals surface area contributed by atoms with Gasteiger partial charge in [-0.05, 0) is 44.5 Å². The molecule has 0 spiro atoms. The lowest BCUT2D eigenvalue weighted by atomic mass is 10.3. The fraction of sp³-hybridized carbons (Fsp3) is 0.421. The average Bonchev–Trinajstić information content (AvgIpc) is 2.96. The van der Waals surface area contributed by atoms with Crippen LogP contribution in [0.1, 0.15) is 32.5 Å². The maximum absolute atomic E-state index is 5.47. The van der Waals surface area contributed by atoms with Crippen molar-refractivity contribution in [2.24, 2.45) is 0 Å². The van der Waals surface area contributed by atoms with Gasteiger partial charge in [-0.2, -0.15) is 9.97 Å². The van der Waals surface area contributed by atoms with E-state index >= 15 is 0 Å². The van der Waals surface area contributed by atoms with Crippen LogP contribution in [0.2, 0.25) is 0 Å². The molecule has 0 saturated heterocycles. The quantitative estimate of drug-likeness (QED) is 0.656. The molecule has 2 heterocycles. The van der Waals surface area contributed by atoms with Crippen molar-refractivity contribution in [2.75, 3.05) is 19.0 Å². The Hall–Kier alpha value is -2.83. The van der Waals surface area contributed by atoms with Gasteiger partial charge in [0.25, 0.3) is 0 Å². The summed E-state index contributed by atoms with van der Waals surface area (Å²) in [6.45, 7) is 7.64. The Morgan fingerprint density at radius 2 is 1.85 bits per heavy atom. The van der Waals surface area contributed by atoms with Gasteiger partial charge in [-0.25, -0.2) is 4.98 Å². The fourth-order valence-corrected chi connectivity index (χ4v) is 2.80. The number of rotatable bonds is 8. The molecule has 1 N–H and O–H groups in total. The van der Waals surface area contributed by atoms with E-state index < -0.39 is 0 Å². The number of anilines is 2. The zero-order valence-electron chi connectivity index (χ0n) is 15.7. The van der Waals surface area contributed by atoms with Crippen LogP contribution in [0.25, 0.3) is 11.2 Å². The molecule has 138 valence electrons. The number of fused-ring (bicyclic) bond motifs is 1. The monoisotopic (exact) mass is 355 g/mol. The first kappa shape index (κ1) is 18.0. The second kappa shape index (κ2) is 8.03. The molecule has 7 heteroatoms. The Morgan fingerprint density at radius 1 is 1.08 bits per heavy atom. The highest BCUT2D eigenvalue weighted by Gasteiger charge is 2.16. The zero-order valence-corrected chi connectivity index (χ0v) is 15.7. The molecule has 3 rings (SSSR count). The number of hydrogen-bond donors (Lipinski definition) is 1. The Morgan fingerprint density at radius 3 is 2.50 bits per heavy atom. The zero-order chi connectivity index (χ0) is 18.5. The SMILES string of the molecule is CCCCn1c(C)nc2c(OC)nc(Nc3ccc(OCC)cc3)nc21. The number of imidazole rings is 1. The topological polar surface area (TPSA) is 74.1 Å². The maximum atomic E-state index is 5.47. The number of unbranched alkanes of at least 4 members (excludes halogenated alkanes) is 1. The minimum absolute atomic E-state index is 0.474. The summed E-state index contributed by atoms with van der Waals surface area (Å²) in [5, 5.41) is 3.23. The third-order valence-corrected chi connectivity index (χ3v) is 4.10. The Labute approximate surface area is 153 Å². The molecule has 0 aliphatic heterocycles. The largest absolute Gasteiger partial charge is 0.494 e. The van der Waals surface area contributed by atoms with E-state index in [1.165, 1.54) is 0 Å². The average molecular weight is 355 g/mol. The smallest absolute Gasteiger partial charge is 0.246 e. The molecule has 26 heavy (non-hydrogen) atoms. The number of nitrogens with zero attached hydrogens (tertiary/aromatic N) is 4. The molecule has 0 amide bonds. The number of benzene rings is 1. The van der Waals surface area contributed by atoms with E-state index in [0.717, 1.165) is 42.3 Å². The number of hydrogen-bond acceptors (Lipinski definition) is 6. The van der Waals surface area contributed by atoms with Crippen LogP contribution >= 0.6 is 0 Å². The summed E-state index contributed by atoms with van der Waals surface area (Å²) in [6.07, 6.45) is 2.18. The molecule has 0 radical (unpaired) electrons. The van der Waals surface area contributed by atoms with Crippen LogP contribution < -0.4 is 14.8 Å². The minimum atomic E-state index is 0.474. The first-order chi connectivity index (χ1) is 12.7. The summed E-state index contributed by atoms with van der Waals surface area (Å²) >= 11 is 0. The molecule has 1 aromatic carbocycles. The van der Waals surface area contributed by atoms with Crippen LogP contribution in [0.5, 0.6) is 11.6 Å². The lowest BCUT2D eigenvalue weighted by molar-refractivity contribution is 0.340. The van der Waals surface area contributed by atoms with Crippen LogP contribution in [0.15, 0.2) is 24.3 Å². The predicted octanol–water partition coefficient (Wildman–Crippen LogP) is 4.09. The lowest BCUT2D eigenvalue weighted by Gasteiger charge is -2.10. The van der Waals surface area contributed by atoms with E-state index in [0.29, 0.717) is 24.0 Å². The van der Waals surface area contributed by atoms with Gasteiger partial charge in [0.15, 0.2) is 11.2 Å². The van der Waals surface area contributed by atoms with Crippen molar-refractivity contribution >= 4 is 22.8 Å². The molecular weight excluding hydrogens is 330 g/mol. The van der Waals surface area contributed by atoms with Crippen LogP contribution in [0, 0.1) is 6.92 Å².